The van der Waals surface area contributed by atoms with Gasteiger partial charge in [0.1, 0.15) is 0 Å². The molecule has 1 aliphatic carbocycles. The molecule has 0 spiro atoms. The summed E-state index contributed by atoms with van der Waals surface area (Å²) in [5.41, 5.74) is 0.0742. The summed E-state index contributed by atoms with van der Waals surface area (Å²) in [5, 5.41) is 9.46. The molecule has 1 aliphatic rings. The average Bonchev–Trinajstić information content (AvgIpc) is 2.13. The van der Waals surface area contributed by atoms with E-state index in [1.807, 2.05) is 6.92 Å². The monoisotopic (exact) mass is 186 g/mol. The van der Waals surface area contributed by atoms with Gasteiger partial charge in [0.25, 0.3) is 0 Å². The molecule has 1 saturated carbocycles. The largest absolute Gasteiger partial charge is 0.396 e. The molecule has 78 valence electrons. The number of hydrogen-bond donors (Lipinski definition) is 1. The smallest absolute Gasteiger partial charge is 0.0655 e. The van der Waals surface area contributed by atoms with E-state index in [0.717, 1.165) is 25.9 Å². The van der Waals surface area contributed by atoms with Crippen LogP contribution in [0.15, 0.2) is 0 Å². The molecule has 1 rings (SSSR count). The fraction of sp³-hybridized carbons (Fsp3) is 1.00. The molecule has 0 aromatic carbocycles. The molecule has 0 saturated heterocycles. The Hall–Kier alpha value is -0.0800. The van der Waals surface area contributed by atoms with Gasteiger partial charge >= 0.3 is 0 Å². The van der Waals surface area contributed by atoms with Crippen molar-refractivity contribution in [3.63, 3.8) is 0 Å². The first-order chi connectivity index (χ1) is 6.21. The van der Waals surface area contributed by atoms with Gasteiger partial charge in [0.2, 0.25) is 0 Å². The SMILES string of the molecule is CCO[C@@H]1CC[C@]1(CO)C(C)CC. The van der Waals surface area contributed by atoms with E-state index < -0.39 is 0 Å². The molecule has 2 nitrogen and oxygen atoms in total. The molecule has 1 N–H and O–H groups in total. The Morgan fingerprint density at radius 3 is 2.54 bits per heavy atom. The van der Waals surface area contributed by atoms with Crippen molar-refractivity contribution < 1.29 is 9.84 Å². The third kappa shape index (κ3) is 1.75. The maximum atomic E-state index is 9.46. The summed E-state index contributed by atoms with van der Waals surface area (Å²) in [4.78, 5) is 0. The Morgan fingerprint density at radius 2 is 2.23 bits per heavy atom. The second-order valence-corrected chi connectivity index (χ2v) is 4.18. The highest BCUT2D eigenvalue weighted by atomic mass is 16.5. The first-order valence-corrected chi connectivity index (χ1v) is 5.43. The molecule has 1 fully saturated rings. The zero-order chi connectivity index (χ0) is 9.90. The molecule has 13 heavy (non-hydrogen) atoms. The van der Waals surface area contributed by atoms with Gasteiger partial charge in [0.15, 0.2) is 0 Å². The van der Waals surface area contributed by atoms with E-state index in [4.69, 9.17) is 4.74 Å². The van der Waals surface area contributed by atoms with E-state index in [9.17, 15) is 5.11 Å². The van der Waals surface area contributed by atoms with Crippen molar-refractivity contribution in [2.45, 2.75) is 46.1 Å². The number of rotatable bonds is 5. The fourth-order valence-corrected chi connectivity index (χ4v) is 2.39. The minimum atomic E-state index is 0.0742. The van der Waals surface area contributed by atoms with Gasteiger partial charge in [-0.05, 0) is 25.7 Å². The second kappa shape index (κ2) is 4.43. The second-order valence-electron chi connectivity index (χ2n) is 4.18. The van der Waals surface area contributed by atoms with E-state index in [1.54, 1.807) is 0 Å². The van der Waals surface area contributed by atoms with Crippen LogP contribution in [0.5, 0.6) is 0 Å². The Balaban J connectivity index is 2.59. The topological polar surface area (TPSA) is 29.5 Å². The van der Waals surface area contributed by atoms with Crippen molar-refractivity contribution in [1.82, 2.24) is 0 Å². The molecule has 0 heterocycles. The van der Waals surface area contributed by atoms with Crippen LogP contribution in [-0.4, -0.2) is 24.4 Å². The van der Waals surface area contributed by atoms with E-state index in [0.29, 0.717) is 12.0 Å². The molecule has 0 amide bonds. The summed E-state index contributed by atoms with van der Waals surface area (Å²) in [7, 11) is 0. The molecule has 0 bridgehead atoms. The van der Waals surface area contributed by atoms with Gasteiger partial charge in [0.05, 0.1) is 12.7 Å². The van der Waals surface area contributed by atoms with Gasteiger partial charge < -0.3 is 9.84 Å². The summed E-state index contributed by atoms with van der Waals surface area (Å²) >= 11 is 0. The quantitative estimate of drug-likeness (QED) is 0.713. The van der Waals surface area contributed by atoms with Gasteiger partial charge in [-0.3, -0.25) is 0 Å². The molecular formula is C11H22O2. The minimum absolute atomic E-state index is 0.0742. The van der Waals surface area contributed by atoms with Crippen molar-refractivity contribution in [2.75, 3.05) is 13.2 Å². The number of hydrogen-bond acceptors (Lipinski definition) is 2. The van der Waals surface area contributed by atoms with Gasteiger partial charge in [-0.15, -0.1) is 0 Å². The van der Waals surface area contributed by atoms with E-state index in [-0.39, 0.29) is 12.0 Å². The fourth-order valence-electron chi connectivity index (χ4n) is 2.39. The molecule has 0 aromatic rings. The van der Waals surface area contributed by atoms with Crippen LogP contribution >= 0.6 is 0 Å². The van der Waals surface area contributed by atoms with Gasteiger partial charge in [-0.1, -0.05) is 20.3 Å². The standard InChI is InChI=1S/C11H22O2/c1-4-9(3)11(8-12)7-6-10(11)13-5-2/h9-10,12H,4-8H2,1-3H3/t9?,10-,11+/m1/s1. The Labute approximate surface area is 81.3 Å². The van der Waals surface area contributed by atoms with Gasteiger partial charge in [-0.25, -0.2) is 0 Å². The molecule has 3 atom stereocenters. The molecule has 0 radical (unpaired) electrons. The summed E-state index contributed by atoms with van der Waals surface area (Å²) in [6, 6.07) is 0. The maximum absolute atomic E-state index is 9.46. The van der Waals surface area contributed by atoms with E-state index >= 15 is 0 Å². The van der Waals surface area contributed by atoms with Crippen molar-refractivity contribution in [3.05, 3.63) is 0 Å². The number of aliphatic hydroxyl groups is 1. The van der Waals surface area contributed by atoms with Crippen LogP contribution in [0.3, 0.4) is 0 Å². The highest BCUT2D eigenvalue weighted by Crippen LogP contribution is 2.49. The van der Waals surface area contributed by atoms with Crippen LogP contribution in [0.1, 0.15) is 40.0 Å². The third-order valence-electron chi connectivity index (χ3n) is 3.77. The maximum Gasteiger partial charge on any atom is 0.0655 e. The highest BCUT2D eigenvalue weighted by molar-refractivity contribution is 4.99. The van der Waals surface area contributed by atoms with Crippen molar-refractivity contribution in [1.29, 1.82) is 0 Å². The Bertz CT molecular complexity index is 154. The van der Waals surface area contributed by atoms with Crippen LogP contribution in [0, 0.1) is 11.3 Å². The minimum Gasteiger partial charge on any atom is -0.396 e. The van der Waals surface area contributed by atoms with Crippen LogP contribution < -0.4 is 0 Å². The van der Waals surface area contributed by atoms with Crippen molar-refractivity contribution in [2.24, 2.45) is 11.3 Å². The Kier molecular flexibility index (Phi) is 3.74. The molecule has 1 unspecified atom stereocenters. The predicted molar refractivity (Wildman–Crippen MR) is 53.6 cm³/mol. The van der Waals surface area contributed by atoms with E-state index in [2.05, 4.69) is 13.8 Å². The third-order valence-corrected chi connectivity index (χ3v) is 3.77. The normalized spacial score (nSPS) is 35.5. The molecule has 0 aromatic heterocycles. The summed E-state index contributed by atoms with van der Waals surface area (Å²) in [6.07, 6.45) is 3.68. The lowest BCUT2D eigenvalue weighted by Crippen LogP contribution is -2.53. The zero-order valence-electron chi connectivity index (χ0n) is 9.05. The first-order valence-electron chi connectivity index (χ1n) is 5.43. The van der Waals surface area contributed by atoms with Crippen molar-refractivity contribution >= 4 is 0 Å². The van der Waals surface area contributed by atoms with Crippen molar-refractivity contribution in [3.8, 4) is 0 Å². The molecule has 2 heteroatoms. The summed E-state index contributed by atoms with van der Waals surface area (Å²) in [6.45, 7) is 7.48. The molecular weight excluding hydrogens is 164 g/mol. The lowest BCUT2D eigenvalue weighted by Gasteiger charge is -2.51. The lowest BCUT2D eigenvalue weighted by atomic mass is 9.59. The summed E-state index contributed by atoms with van der Waals surface area (Å²) in [5.74, 6) is 0.572. The number of ether oxygens (including phenoxy) is 1. The highest BCUT2D eigenvalue weighted by Gasteiger charge is 2.49. The van der Waals surface area contributed by atoms with Crippen LogP contribution in [0.25, 0.3) is 0 Å². The first kappa shape index (κ1) is 11.0. The lowest BCUT2D eigenvalue weighted by molar-refractivity contribution is -0.157. The zero-order valence-corrected chi connectivity index (χ0v) is 9.05. The average molecular weight is 186 g/mol. The van der Waals surface area contributed by atoms with Gasteiger partial charge in [-0.2, -0.15) is 0 Å². The van der Waals surface area contributed by atoms with Crippen LogP contribution in [0.4, 0.5) is 0 Å². The predicted octanol–water partition coefficient (Wildman–Crippen LogP) is 2.21. The van der Waals surface area contributed by atoms with Crippen LogP contribution in [-0.2, 0) is 4.74 Å². The van der Waals surface area contributed by atoms with Gasteiger partial charge in [0, 0.05) is 12.0 Å². The Morgan fingerprint density at radius 1 is 1.54 bits per heavy atom. The van der Waals surface area contributed by atoms with Crippen LogP contribution in [0.2, 0.25) is 0 Å². The molecule has 0 aliphatic heterocycles. The van der Waals surface area contributed by atoms with E-state index in [1.165, 1.54) is 0 Å². The summed E-state index contributed by atoms with van der Waals surface area (Å²) < 4.78 is 5.65. The number of aliphatic hydroxyl groups excluding tert-OH is 1.